The first-order chi connectivity index (χ1) is 27.5. The van der Waals surface area contributed by atoms with Gasteiger partial charge < -0.3 is 34.9 Å². The molecular weight excluding hydrogens is 757 g/mol. The van der Waals surface area contributed by atoms with Crippen molar-refractivity contribution in [1.82, 2.24) is 9.97 Å². The Morgan fingerprint density at radius 3 is 2.14 bits per heavy atom. The Kier molecular flexibility index (Phi) is 14.3. The van der Waals surface area contributed by atoms with E-state index in [0.717, 1.165) is 29.7 Å². The third-order valence-electron chi connectivity index (χ3n) is 9.73. The van der Waals surface area contributed by atoms with Gasteiger partial charge in [-0.3, -0.25) is 9.52 Å². The van der Waals surface area contributed by atoms with Crippen LogP contribution < -0.4 is 30.1 Å². The van der Waals surface area contributed by atoms with Gasteiger partial charge in [-0.25, -0.2) is 18.4 Å². The minimum absolute atomic E-state index is 0.0235. The minimum Gasteiger partial charge on any atom is -0.496 e. The van der Waals surface area contributed by atoms with E-state index in [1.54, 1.807) is 36.3 Å². The van der Waals surface area contributed by atoms with Gasteiger partial charge in [0.15, 0.2) is 11.6 Å². The van der Waals surface area contributed by atoms with Gasteiger partial charge in [-0.2, -0.15) is 0 Å². The monoisotopic (exact) mass is 812 g/mol. The Balaban J connectivity index is 1.32. The van der Waals surface area contributed by atoms with Crippen LogP contribution in [-0.4, -0.2) is 76.0 Å². The second-order valence-electron chi connectivity index (χ2n) is 15.3. The molecule has 0 fully saturated rings. The lowest BCUT2D eigenvalue weighted by Gasteiger charge is -2.28. The molecule has 0 saturated heterocycles. The van der Waals surface area contributed by atoms with Crippen LogP contribution in [0.5, 0.6) is 11.5 Å². The van der Waals surface area contributed by atoms with E-state index in [4.69, 9.17) is 34.6 Å². The maximum atomic E-state index is 13.9. The molecule has 5 rings (SSSR count). The van der Waals surface area contributed by atoms with Gasteiger partial charge in [-0.15, -0.1) is 0 Å². The van der Waals surface area contributed by atoms with Gasteiger partial charge in [0.2, 0.25) is 0 Å². The number of fused-ring (bicyclic) bond motifs is 1. The summed E-state index contributed by atoms with van der Waals surface area (Å²) >= 11 is 0. The van der Waals surface area contributed by atoms with Crippen LogP contribution in [0.15, 0.2) is 89.8 Å². The third kappa shape index (κ3) is 11.7. The topological polar surface area (TPSA) is 167 Å². The molecule has 0 bridgehead atoms. The molecule has 310 valence electrons. The summed E-state index contributed by atoms with van der Waals surface area (Å²) in [5.74, 6) is 1.24. The summed E-state index contributed by atoms with van der Waals surface area (Å²) in [6.07, 6.45) is 2.15. The third-order valence-corrected chi connectivity index (χ3v) is 11.1. The van der Waals surface area contributed by atoms with E-state index < -0.39 is 15.6 Å². The molecule has 0 spiro atoms. The van der Waals surface area contributed by atoms with Crippen LogP contribution in [0.1, 0.15) is 68.9 Å². The van der Waals surface area contributed by atoms with Crippen molar-refractivity contribution in [3.05, 3.63) is 102 Å². The smallest absolute Gasteiger partial charge is 0.263 e. The molecule has 4 N–H and O–H groups in total. The zero-order chi connectivity index (χ0) is 42.1. The minimum atomic E-state index is -4.15. The Hall–Kier alpha value is -5.28. The van der Waals surface area contributed by atoms with E-state index in [1.165, 1.54) is 24.3 Å². The first kappa shape index (κ1) is 43.8. The zero-order valence-corrected chi connectivity index (χ0v) is 35.5. The summed E-state index contributed by atoms with van der Waals surface area (Å²) in [7, 11) is -0.800. The van der Waals surface area contributed by atoms with Gasteiger partial charge in [0.25, 0.3) is 15.9 Å². The summed E-state index contributed by atoms with van der Waals surface area (Å²) in [5, 5.41) is 2.81. The molecule has 0 radical (unpaired) electrons. The van der Waals surface area contributed by atoms with Crippen LogP contribution in [0.2, 0.25) is 0 Å². The number of methoxy groups -OCH3 is 1. The SMILES string of the molecule is CCc1cc(OCCC(C)(C)OCCOC(C)(C)CCN)cc(N(C)c2nc3ccccc3nc2NS(=O)(=O)c2ccc(NC(=O)c3ccc(C)c(OC)c3)cc2)c1. The normalized spacial score (nSPS) is 12.0. The van der Waals surface area contributed by atoms with Crippen molar-refractivity contribution in [1.29, 1.82) is 0 Å². The van der Waals surface area contributed by atoms with E-state index >= 15 is 0 Å². The number of rotatable bonds is 20. The highest BCUT2D eigenvalue weighted by Crippen LogP contribution is 2.34. The molecule has 1 aromatic heterocycles. The van der Waals surface area contributed by atoms with Crippen LogP contribution in [0.25, 0.3) is 11.0 Å². The molecule has 58 heavy (non-hydrogen) atoms. The number of nitrogens with two attached hydrogens (primary N) is 1. The van der Waals surface area contributed by atoms with Gasteiger partial charge >= 0.3 is 0 Å². The number of aromatic nitrogens is 2. The van der Waals surface area contributed by atoms with Crippen molar-refractivity contribution in [3.63, 3.8) is 0 Å². The fourth-order valence-corrected chi connectivity index (χ4v) is 7.15. The number of carbonyl (C=O) groups excluding carboxylic acids is 1. The molecule has 0 saturated carbocycles. The van der Waals surface area contributed by atoms with Gasteiger partial charge in [0, 0.05) is 36.5 Å². The first-order valence-corrected chi connectivity index (χ1v) is 20.9. The lowest BCUT2D eigenvalue weighted by Crippen LogP contribution is -2.32. The summed E-state index contributed by atoms with van der Waals surface area (Å²) in [6.45, 7) is 14.0. The first-order valence-electron chi connectivity index (χ1n) is 19.4. The molecule has 1 amide bonds. The number of nitrogens with one attached hydrogen (secondary N) is 2. The predicted molar refractivity (Wildman–Crippen MR) is 230 cm³/mol. The summed E-state index contributed by atoms with van der Waals surface area (Å²) in [6, 6.07) is 24.2. The number of nitrogens with zero attached hydrogens (tertiary/aromatic N) is 3. The van der Waals surface area contributed by atoms with Crippen LogP contribution in [0, 0.1) is 6.92 Å². The predicted octanol–water partition coefficient (Wildman–Crippen LogP) is 8.04. The Morgan fingerprint density at radius 2 is 1.50 bits per heavy atom. The number of hydrogen-bond donors (Lipinski definition) is 3. The summed E-state index contributed by atoms with van der Waals surface area (Å²) in [4.78, 5) is 24.3. The quantitative estimate of drug-likeness (QED) is 0.0651. The molecule has 0 unspecified atom stereocenters. The van der Waals surface area contributed by atoms with Crippen molar-refractivity contribution < 1.29 is 32.2 Å². The molecule has 0 atom stereocenters. The number of carbonyl (C=O) groups is 1. The molecule has 0 aliphatic rings. The second kappa shape index (κ2) is 19.0. The molecule has 13 nitrogen and oxygen atoms in total. The maximum absolute atomic E-state index is 13.9. The number of para-hydroxylation sites is 2. The van der Waals surface area contributed by atoms with Crippen LogP contribution >= 0.6 is 0 Å². The number of hydrogen-bond acceptors (Lipinski definition) is 11. The van der Waals surface area contributed by atoms with E-state index in [1.807, 2.05) is 78.1 Å². The van der Waals surface area contributed by atoms with Gasteiger partial charge in [0.1, 0.15) is 11.5 Å². The molecule has 14 heteroatoms. The molecular formula is C44H56N6O7S. The van der Waals surface area contributed by atoms with Crippen molar-refractivity contribution in [2.24, 2.45) is 5.73 Å². The molecule has 5 aromatic rings. The highest BCUT2D eigenvalue weighted by molar-refractivity contribution is 7.92. The van der Waals surface area contributed by atoms with E-state index in [0.29, 0.717) is 72.4 Å². The Bertz CT molecular complexity index is 2300. The van der Waals surface area contributed by atoms with Crippen molar-refractivity contribution in [2.45, 2.75) is 76.9 Å². The number of amides is 1. The molecule has 1 heterocycles. The van der Waals surface area contributed by atoms with E-state index in [2.05, 4.69) is 17.0 Å². The summed E-state index contributed by atoms with van der Waals surface area (Å²) < 4.78 is 54.1. The number of sulfonamides is 1. The standard InChI is InChI=1S/C44H56N6O7S/c1-9-31-26-34(29-35(27-31)55-23-21-44(5,6)57-25-24-56-43(3,4)20-22-45)50(7)41-40(47-37-12-10-11-13-38(37)48-41)49-58(52,53)36-18-16-33(17-19-36)46-42(51)32-15-14-30(2)39(28-32)54-8/h10-19,26-29H,9,20-25,45H2,1-8H3,(H,46,51)(H,47,49). The molecule has 0 aliphatic carbocycles. The van der Waals surface area contributed by atoms with Crippen molar-refractivity contribution in [3.8, 4) is 11.5 Å². The highest BCUT2D eigenvalue weighted by atomic mass is 32.2. The fraction of sp³-hybridized carbons (Fsp3) is 0.386. The molecule has 0 aliphatic heterocycles. The number of ether oxygens (including phenoxy) is 4. The number of aryl methyl sites for hydroxylation is 2. The lowest BCUT2D eigenvalue weighted by molar-refractivity contribution is -0.0902. The zero-order valence-electron chi connectivity index (χ0n) is 34.7. The number of benzene rings is 4. The summed E-state index contributed by atoms with van der Waals surface area (Å²) in [5.41, 5.74) is 9.56. The van der Waals surface area contributed by atoms with Gasteiger partial charge in [0.05, 0.1) is 54.1 Å². The second-order valence-corrected chi connectivity index (χ2v) is 16.9. The van der Waals surface area contributed by atoms with E-state index in [9.17, 15) is 13.2 Å². The van der Waals surface area contributed by atoms with Crippen LogP contribution in [0.4, 0.5) is 23.0 Å². The van der Waals surface area contributed by atoms with Crippen LogP contribution in [0.3, 0.4) is 0 Å². The Labute approximate surface area is 342 Å². The van der Waals surface area contributed by atoms with Crippen LogP contribution in [-0.2, 0) is 25.9 Å². The lowest BCUT2D eigenvalue weighted by atomic mass is 10.1. The van der Waals surface area contributed by atoms with Crippen molar-refractivity contribution in [2.75, 3.05) is 55.5 Å². The average Bonchev–Trinajstić information content (AvgIpc) is 3.19. The van der Waals surface area contributed by atoms with Gasteiger partial charge in [-0.1, -0.05) is 25.1 Å². The molecule has 4 aromatic carbocycles. The largest absolute Gasteiger partial charge is 0.496 e. The maximum Gasteiger partial charge on any atom is 0.263 e. The van der Waals surface area contributed by atoms with Crippen molar-refractivity contribution >= 4 is 50.0 Å². The number of anilines is 4. The fourth-order valence-electron chi connectivity index (χ4n) is 6.15. The van der Waals surface area contributed by atoms with Gasteiger partial charge in [-0.05, 0) is 126 Å². The Morgan fingerprint density at radius 1 is 0.845 bits per heavy atom. The van der Waals surface area contributed by atoms with E-state index in [-0.39, 0.29) is 22.2 Å². The highest BCUT2D eigenvalue weighted by Gasteiger charge is 2.24. The average molecular weight is 813 g/mol.